The van der Waals surface area contributed by atoms with Crippen molar-refractivity contribution in [3.05, 3.63) is 0 Å². The molecule has 0 saturated carbocycles. The Kier molecular flexibility index (Phi) is 13.5. The van der Waals surface area contributed by atoms with Gasteiger partial charge in [-0.05, 0) is 6.42 Å². The molecule has 3 N–H and O–H groups in total. The molecular weight excluding hydrogens is 214 g/mol. The Labute approximate surface area is 98.8 Å². The monoisotopic (exact) mass is 237 g/mol. The Morgan fingerprint density at radius 2 is 1.60 bits per heavy atom. The largest absolute Gasteiger partial charge is 0.480 e. The van der Waals surface area contributed by atoms with Crippen molar-refractivity contribution in [3.63, 3.8) is 0 Å². The summed E-state index contributed by atoms with van der Waals surface area (Å²) in [6, 6.07) is -0.661. The number of halogens is 1. The number of nitrogens with two attached hydrogens (primary N) is 1. The lowest BCUT2D eigenvalue weighted by atomic mass is 10.1. The third-order valence-corrected chi connectivity index (χ3v) is 2.44. The first-order valence-electron chi connectivity index (χ1n) is 5.67. The van der Waals surface area contributed by atoms with Crippen LogP contribution in [-0.2, 0) is 4.79 Å². The van der Waals surface area contributed by atoms with Crippen LogP contribution in [0.2, 0.25) is 0 Å². The Morgan fingerprint density at radius 1 is 1.13 bits per heavy atom. The van der Waals surface area contributed by atoms with E-state index in [1.165, 1.54) is 32.1 Å². The van der Waals surface area contributed by atoms with E-state index in [4.69, 9.17) is 10.8 Å². The molecule has 15 heavy (non-hydrogen) atoms. The first-order chi connectivity index (χ1) is 6.68. The van der Waals surface area contributed by atoms with Gasteiger partial charge in [-0.1, -0.05) is 51.9 Å². The van der Waals surface area contributed by atoms with Gasteiger partial charge >= 0.3 is 5.97 Å². The molecule has 0 amide bonds. The van der Waals surface area contributed by atoms with Crippen molar-refractivity contribution in [2.45, 2.75) is 64.3 Å². The quantitative estimate of drug-likeness (QED) is 0.606. The molecule has 0 bridgehead atoms. The molecule has 0 aromatic heterocycles. The van der Waals surface area contributed by atoms with Gasteiger partial charge in [0, 0.05) is 0 Å². The average Bonchev–Trinajstić information content (AvgIpc) is 2.16. The maximum Gasteiger partial charge on any atom is 0.320 e. The molecule has 92 valence electrons. The summed E-state index contributed by atoms with van der Waals surface area (Å²) in [7, 11) is 0. The molecule has 0 aliphatic rings. The van der Waals surface area contributed by atoms with Gasteiger partial charge in [0.2, 0.25) is 0 Å². The molecule has 0 heterocycles. The van der Waals surface area contributed by atoms with E-state index in [0.29, 0.717) is 6.42 Å². The fourth-order valence-corrected chi connectivity index (χ4v) is 1.44. The zero-order valence-corrected chi connectivity index (χ0v) is 10.4. The van der Waals surface area contributed by atoms with E-state index in [0.717, 1.165) is 12.8 Å². The summed E-state index contributed by atoms with van der Waals surface area (Å²) >= 11 is 0. The standard InChI is InChI=1S/C11H23NO2.ClH/c1-2-3-4-5-6-7-8-9-10(12)11(13)14;/h10H,2-9,12H2,1H3,(H,13,14);1H. The maximum atomic E-state index is 10.4. The van der Waals surface area contributed by atoms with Crippen molar-refractivity contribution in [2.75, 3.05) is 0 Å². The Balaban J connectivity index is 0. The van der Waals surface area contributed by atoms with E-state index in [9.17, 15) is 4.79 Å². The van der Waals surface area contributed by atoms with Gasteiger partial charge in [-0.2, -0.15) is 0 Å². The zero-order valence-electron chi connectivity index (χ0n) is 9.58. The first kappa shape index (κ1) is 17.1. The van der Waals surface area contributed by atoms with E-state index in [2.05, 4.69) is 6.92 Å². The first-order valence-corrected chi connectivity index (χ1v) is 5.67. The fraction of sp³-hybridized carbons (Fsp3) is 0.909. The van der Waals surface area contributed by atoms with Crippen molar-refractivity contribution in [2.24, 2.45) is 5.73 Å². The molecule has 0 aromatic carbocycles. The summed E-state index contributed by atoms with van der Waals surface area (Å²) in [4.78, 5) is 10.4. The van der Waals surface area contributed by atoms with Crippen LogP contribution >= 0.6 is 12.4 Å². The Hall–Kier alpha value is -0.280. The molecule has 0 saturated heterocycles. The number of carboxylic acid groups (broad SMARTS) is 1. The summed E-state index contributed by atoms with van der Waals surface area (Å²) in [6.45, 7) is 2.20. The minimum atomic E-state index is -0.879. The number of hydrogen-bond acceptors (Lipinski definition) is 2. The van der Waals surface area contributed by atoms with Gasteiger partial charge in [-0.25, -0.2) is 0 Å². The fourth-order valence-electron chi connectivity index (χ4n) is 1.44. The summed E-state index contributed by atoms with van der Waals surface area (Å²) in [5, 5.41) is 8.53. The number of aliphatic carboxylic acids is 1. The lowest BCUT2D eigenvalue weighted by Crippen LogP contribution is -2.29. The van der Waals surface area contributed by atoms with Crippen LogP contribution < -0.4 is 5.73 Å². The highest BCUT2D eigenvalue weighted by Gasteiger charge is 2.09. The molecule has 0 spiro atoms. The molecule has 3 nitrogen and oxygen atoms in total. The van der Waals surface area contributed by atoms with Crippen LogP contribution in [0, 0.1) is 0 Å². The van der Waals surface area contributed by atoms with E-state index >= 15 is 0 Å². The van der Waals surface area contributed by atoms with Gasteiger partial charge in [-0.15, -0.1) is 12.4 Å². The van der Waals surface area contributed by atoms with Gasteiger partial charge in [0.15, 0.2) is 0 Å². The summed E-state index contributed by atoms with van der Waals surface area (Å²) in [5.74, 6) is -0.879. The number of carboxylic acids is 1. The zero-order chi connectivity index (χ0) is 10.8. The van der Waals surface area contributed by atoms with Crippen molar-refractivity contribution >= 4 is 18.4 Å². The SMILES string of the molecule is CCCCCCCCCC(N)C(=O)O.Cl. The van der Waals surface area contributed by atoms with Gasteiger partial charge in [0.1, 0.15) is 6.04 Å². The highest BCUT2D eigenvalue weighted by Crippen LogP contribution is 2.09. The van der Waals surface area contributed by atoms with E-state index in [-0.39, 0.29) is 12.4 Å². The predicted molar refractivity (Wildman–Crippen MR) is 65.5 cm³/mol. The maximum absolute atomic E-state index is 10.4. The highest BCUT2D eigenvalue weighted by molar-refractivity contribution is 5.85. The molecule has 0 fully saturated rings. The molecule has 0 aliphatic carbocycles. The summed E-state index contributed by atoms with van der Waals surface area (Å²) in [5.41, 5.74) is 5.38. The number of rotatable bonds is 9. The summed E-state index contributed by atoms with van der Waals surface area (Å²) in [6.07, 6.45) is 9.05. The molecule has 1 unspecified atom stereocenters. The third-order valence-electron chi connectivity index (χ3n) is 2.44. The molecule has 4 heteroatoms. The molecule has 0 rings (SSSR count). The second-order valence-electron chi connectivity index (χ2n) is 3.85. The van der Waals surface area contributed by atoms with Crippen molar-refractivity contribution in [1.29, 1.82) is 0 Å². The van der Waals surface area contributed by atoms with E-state index in [1.807, 2.05) is 0 Å². The summed E-state index contributed by atoms with van der Waals surface area (Å²) < 4.78 is 0. The minimum absolute atomic E-state index is 0. The van der Waals surface area contributed by atoms with Crippen LogP contribution in [0.5, 0.6) is 0 Å². The molecular formula is C11H24ClNO2. The average molecular weight is 238 g/mol. The van der Waals surface area contributed by atoms with Crippen LogP contribution in [0.15, 0.2) is 0 Å². The van der Waals surface area contributed by atoms with Crippen molar-refractivity contribution in [3.8, 4) is 0 Å². The van der Waals surface area contributed by atoms with Gasteiger partial charge in [0.05, 0.1) is 0 Å². The molecule has 1 atom stereocenters. The number of unbranched alkanes of at least 4 members (excludes halogenated alkanes) is 6. The molecule has 0 aliphatic heterocycles. The second kappa shape index (κ2) is 11.8. The highest BCUT2D eigenvalue weighted by atomic mass is 35.5. The van der Waals surface area contributed by atoms with E-state index in [1.54, 1.807) is 0 Å². The van der Waals surface area contributed by atoms with Crippen LogP contribution in [-0.4, -0.2) is 17.1 Å². The molecule has 0 aromatic rings. The predicted octanol–water partition coefficient (Wildman–Crippen LogP) is 2.96. The van der Waals surface area contributed by atoms with Crippen molar-refractivity contribution in [1.82, 2.24) is 0 Å². The lowest BCUT2D eigenvalue weighted by molar-refractivity contribution is -0.138. The lowest BCUT2D eigenvalue weighted by Gasteiger charge is -2.05. The van der Waals surface area contributed by atoms with Crippen molar-refractivity contribution < 1.29 is 9.90 Å². The van der Waals surface area contributed by atoms with E-state index < -0.39 is 12.0 Å². The second-order valence-corrected chi connectivity index (χ2v) is 3.85. The topological polar surface area (TPSA) is 63.3 Å². The Morgan fingerprint density at radius 3 is 2.07 bits per heavy atom. The smallest absolute Gasteiger partial charge is 0.320 e. The van der Waals surface area contributed by atoms with Crippen LogP contribution in [0.1, 0.15) is 58.3 Å². The number of carbonyl (C=O) groups is 1. The van der Waals surface area contributed by atoms with Crippen LogP contribution in [0.25, 0.3) is 0 Å². The van der Waals surface area contributed by atoms with Gasteiger partial charge in [-0.3, -0.25) is 4.79 Å². The van der Waals surface area contributed by atoms with Crippen LogP contribution in [0.4, 0.5) is 0 Å². The number of hydrogen-bond donors (Lipinski definition) is 2. The Bertz CT molecular complexity index is 154. The molecule has 0 radical (unpaired) electrons. The van der Waals surface area contributed by atoms with Gasteiger partial charge in [0.25, 0.3) is 0 Å². The van der Waals surface area contributed by atoms with Crippen LogP contribution in [0.3, 0.4) is 0 Å². The third kappa shape index (κ3) is 11.6. The normalized spacial score (nSPS) is 11.9. The minimum Gasteiger partial charge on any atom is -0.480 e. The van der Waals surface area contributed by atoms with Gasteiger partial charge < -0.3 is 10.8 Å².